The van der Waals surface area contributed by atoms with Crippen molar-refractivity contribution in [2.75, 3.05) is 52.9 Å². The Balaban J connectivity index is 2.30. The van der Waals surface area contributed by atoms with Gasteiger partial charge in [0.1, 0.15) is 5.82 Å². The Morgan fingerprint density at radius 2 is 2.11 bits per heavy atom. The molecule has 1 rings (SSSR count). The number of rotatable bonds is 8. The molecule has 0 saturated carbocycles. The summed E-state index contributed by atoms with van der Waals surface area (Å²) in [5.41, 5.74) is 0.576. The third-order valence-corrected chi connectivity index (χ3v) is 2.40. The number of hydrogen-bond acceptors (Lipinski definition) is 5. The number of amides is 1. The molecule has 0 atom stereocenters. The van der Waals surface area contributed by atoms with Crippen LogP contribution in [0.15, 0.2) is 18.3 Å². The van der Waals surface area contributed by atoms with Gasteiger partial charge in [0.05, 0.1) is 25.4 Å². The van der Waals surface area contributed by atoms with E-state index in [4.69, 9.17) is 9.47 Å². The number of aromatic nitrogens is 1. The van der Waals surface area contributed by atoms with E-state index < -0.39 is 0 Å². The van der Waals surface area contributed by atoms with Crippen LogP contribution >= 0.6 is 0 Å². The number of nitrogens with one attached hydrogen (secondary N) is 1. The maximum atomic E-state index is 11.7. The standard InChI is InChI=1S/C13H21N3O3/c1-16(2)13(17)11-4-5-12(15-10-11)14-6-7-19-9-8-18-3/h4-5,10H,6-9H2,1-3H3,(H,14,15). The predicted octanol–water partition coefficient (Wildman–Crippen LogP) is 0.858. The minimum atomic E-state index is -0.0538. The molecule has 106 valence electrons. The van der Waals surface area contributed by atoms with Gasteiger partial charge in [-0.2, -0.15) is 0 Å². The van der Waals surface area contributed by atoms with E-state index in [0.717, 1.165) is 5.82 Å². The summed E-state index contributed by atoms with van der Waals surface area (Å²) >= 11 is 0. The average Bonchev–Trinajstić information content (AvgIpc) is 2.42. The molecule has 0 spiro atoms. The quantitative estimate of drug-likeness (QED) is 0.708. The van der Waals surface area contributed by atoms with Gasteiger partial charge in [0.15, 0.2) is 0 Å². The van der Waals surface area contributed by atoms with Gasteiger partial charge in [-0.1, -0.05) is 0 Å². The molecule has 0 aliphatic heterocycles. The molecule has 1 aromatic rings. The van der Waals surface area contributed by atoms with Crippen molar-refractivity contribution in [2.45, 2.75) is 0 Å². The van der Waals surface area contributed by atoms with Gasteiger partial charge in [0.25, 0.3) is 5.91 Å². The lowest BCUT2D eigenvalue weighted by atomic mass is 10.2. The van der Waals surface area contributed by atoms with Crippen LogP contribution in [0.3, 0.4) is 0 Å². The van der Waals surface area contributed by atoms with E-state index in [1.165, 1.54) is 4.90 Å². The third kappa shape index (κ3) is 5.67. The molecule has 19 heavy (non-hydrogen) atoms. The van der Waals surface area contributed by atoms with Crippen LogP contribution in [-0.4, -0.2) is 63.4 Å². The lowest BCUT2D eigenvalue weighted by molar-refractivity contribution is 0.0759. The van der Waals surface area contributed by atoms with E-state index in [-0.39, 0.29) is 5.91 Å². The van der Waals surface area contributed by atoms with E-state index in [0.29, 0.717) is 31.9 Å². The van der Waals surface area contributed by atoms with E-state index in [1.807, 2.05) is 0 Å². The molecule has 0 aromatic carbocycles. The zero-order valence-corrected chi connectivity index (χ0v) is 11.7. The summed E-state index contributed by atoms with van der Waals surface area (Å²) < 4.78 is 10.2. The van der Waals surface area contributed by atoms with Crippen LogP contribution in [0.2, 0.25) is 0 Å². The molecule has 0 radical (unpaired) electrons. The normalized spacial score (nSPS) is 10.3. The number of ether oxygens (including phenoxy) is 2. The summed E-state index contributed by atoms with van der Waals surface area (Å²) in [7, 11) is 5.07. The summed E-state index contributed by atoms with van der Waals surface area (Å²) in [6.07, 6.45) is 1.57. The second kappa shape index (κ2) is 8.44. The van der Waals surface area contributed by atoms with E-state index in [1.54, 1.807) is 39.5 Å². The van der Waals surface area contributed by atoms with Gasteiger partial charge in [-0.15, -0.1) is 0 Å². The fourth-order valence-electron chi connectivity index (χ4n) is 1.38. The lowest BCUT2D eigenvalue weighted by Crippen LogP contribution is -2.21. The van der Waals surface area contributed by atoms with Gasteiger partial charge in [0, 0.05) is 33.9 Å². The van der Waals surface area contributed by atoms with Gasteiger partial charge in [-0.05, 0) is 12.1 Å². The number of pyridine rings is 1. The number of methoxy groups -OCH3 is 1. The zero-order chi connectivity index (χ0) is 14.1. The van der Waals surface area contributed by atoms with Crippen LogP contribution in [0.25, 0.3) is 0 Å². The van der Waals surface area contributed by atoms with Crippen molar-refractivity contribution in [3.05, 3.63) is 23.9 Å². The number of carbonyl (C=O) groups excluding carboxylic acids is 1. The zero-order valence-electron chi connectivity index (χ0n) is 11.7. The summed E-state index contributed by atoms with van der Waals surface area (Å²) in [5.74, 6) is 0.674. The molecule has 6 heteroatoms. The van der Waals surface area contributed by atoms with Gasteiger partial charge in [0.2, 0.25) is 0 Å². The first-order valence-electron chi connectivity index (χ1n) is 6.13. The number of anilines is 1. The highest BCUT2D eigenvalue weighted by Gasteiger charge is 2.07. The Labute approximate surface area is 113 Å². The first kappa shape index (κ1) is 15.4. The third-order valence-electron chi connectivity index (χ3n) is 2.40. The monoisotopic (exact) mass is 267 g/mol. The van der Waals surface area contributed by atoms with Crippen LogP contribution in [0.1, 0.15) is 10.4 Å². The lowest BCUT2D eigenvalue weighted by Gasteiger charge is -2.10. The average molecular weight is 267 g/mol. The molecule has 1 aromatic heterocycles. The van der Waals surface area contributed by atoms with Crippen molar-refractivity contribution >= 4 is 11.7 Å². The van der Waals surface area contributed by atoms with Crippen LogP contribution in [0.5, 0.6) is 0 Å². The molecule has 6 nitrogen and oxygen atoms in total. The smallest absolute Gasteiger partial charge is 0.254 e. The SMILES string of the molecule is COCCOCCNc1ccc(C(=O)N(C)C)cn1. The molecule has 0 fully saturated rings. The second-order valence-electron chi connectivity index (χ2n) is 4.16. The number of carbonyl (C=O) groups is 1. The first-order valence-corrected chi connectivity index (χ1v) is 6.13. The molecule has 0 unspecified atom stereocenters. The first-order chi connectivity index (χ1) is 9.15. The fraction of sp³-hybridized carbons (Fsp3) is 0.538. The minimum Gasteiger partial charge on any atom is -0.382 e. The van der Waals surface area contributed by atoms with Crippen LogP contribution < -0.4 is 5.32 Å². The highest BCUT2D eigenvalue weighted by molar-refractivity contribution is 5.93. The highest BCUT2D eigenvalue weighted by atomic mass is 16.5. The maximum absolute atomic E-state index is 11.7. The van der Waals surface area contributed by atoms with Crippen molar-refractivity contribution < 1.29 is 14.3 Å². The Bertz CT molecular complexity index is 379. The molecule has 0 saturated heterocycles. The Morgan fingerprint density at radius 1 is 1.32 bits per heavy atom. The van der Waals surface area contributed by atoms with Crippen molar-refractivity contribution in [3.8, 4) is 0 Å². The molecule has 1 N–H and O–H groups in total. The molecule has 1 amide bonds. The van der Waals surface area contributed by atoms with Crippen molar-refractivity contribution in [3.63, 3.8) is 0 Å². The van der Waals surface area contributed by atoms with Crippen molar-refractivity contribution in [1.82, 2.24) is 9.88 Å². The van der Waals surface area contributed by atoms with Crippen LogP contribution in [0.4, 0.5) is 5.82 Å². The largest absolute Gasteiger partial charge is 0.382 e. The molecule has 0 bridgehead atoms. The summed E-state index contributed by atoms with van der Waals surface area (Å²) in [5, 5.41) is 3.12. The maximum Gasteiger partial charge on any atom is 0.254 e. The molecule has 0 aliphatic carbocycles. The molecule has 0 aliphatic rings. The summed E-state index contributed by atoms with van der Waals surface area (Å²) in [6.45, 7) is 2.43. The summed E-state index contributed by atoms with van der Waals surface area (Å²) in [4.78, 5) is 17.3. The topological polar surface area (TPSA) is 63.7 Å². The van der Waals surface area contributed by atoms with Gasteiger partial charge in [-0.25, -0.2) is 4.98 Å². The minimum absolute atomic E-state index is 0.0538. The Kier molecular flexibility index (Phi) is 6.84. The van der Waals surface area contributed by atoms with E-state index >= 15 is 0 Å². The van der Waals surface area contributed by atoms with E-state index in [9.17, 15) is 4.79 Å². The molecular weight excluding hydrogens is 246 g/mol. The van der Waals surface area contributed by atoms with E-state index in [2.05, 4.69) is 10.3 Å². The highest BCUT2D eigenvalue weighted by Crippen LogP contribution is 2.06. The summed E-state index contributed by atoms with van der Waals surface area (Å²) in [6, 6.07) is 3.54. The van der Waals surface area contributed by atoms with Crippen molar-refractivity contribution in [1.29, 1.82) is 0 Å². The Morgan fingerprint density at radius 3 is 2.68 bits per heavy atom. The molecule has 1 heterocycles. The molecular formula is C13H21N3O3. The predicted molar refractivity (Wildman–Crippen MR) is 73.4 cm³/mol. The second-order valence-corrected chi connectivity index (χ2v) is 4.16. The Hall–Kier alpha value is -1.66. The number of nitrogens with zero attached hydrogens (tertiary/aromatic N) is 2. The number of hydrogen-bond donors (Lipinski definition) is 1. The van der Waals surface area contributed by atoms with Crippen LogP contribution in [-0.2, 0) is 9.47 Å². The van der Waals surface area contributed by atoms with Gasteiger partial charge in [-0.3, -0.25) is 4.79 Å². The van der Waals surface area contributed by atoms with Crippen LogP contribution in [0, 0.1) is 0 Å². The van der Waals surface area contributed by atoms with Gasteiger partial charge < -0.3 is 19.7 Å². The van der Waals surface area contributed by atoms with Crippen molar-refractivity contribution in [2.24, 2.45) is 0 Å². The van der Waals surface area contributed by atoms with Gasteiger partial charge >= 0.3 is 0 Å². The fourth-order valence-corrected chi connectivity index (χ4v) is 1.38.